The number of fused-ring (bicyclic) bond motifs is 3. The first kappa shape index (κ1) is 8.80. The van der Waals surface area contributed by atoms with Crippen LogP contribution in [-0.4, -0.2) is 16.6 Å². The van der Waals surface area contributed by atoms with Gasteiger partial charge >= 0.3 is 0 Å². The van der Waals surface area contributed by atoms with Crippen molar-refractivity contribution in [2.24, 2.45) is 0 Å². The van der Waals surface area contributed by atoms with Crippen molar-refractivity contribution in [2.45, 2.75) is 19.4 Å². The minimum atomic E-state index is 0.343. The Morgan fingerprint density at radius 1 is 1.40 bits per heavy atom. The van der Waals surface area contributed by atoms with Crippen LogP contribution in [0.25, 0.3) is 10.9 Å². The lowest BCUT2D eigenvalue weighted by atomic mass is 10.0. The average molecular weight is 202 g/mol. The van der Waals surface area contributed by atoms with E-state index in [0.717, 1.165) is 18.5 Å². The van der Waals surface area contributed by atoms with Crippen LogP contribution in [0.15, 0.2) is 18.2 Å². The predicted molar refractivity (Wildman–Crippen MR) is 60.1 cm³/mol. The van der Waals surface area contributed by atoms with E-state index in [1.54, 1.807) is 6.07 Å². The monoisotopic (exact) mass is 202 g/mol. The number of phenols is 1. The van der Waals surface area contributed by atoms with Crippen molar-refractivity contribution in [3.63, 3.8) is 0 Å². The first-order valence-corrected chi connectivity index (χ1v) is 5.32. The summed E-state index contributed by atoms with van der Waals surface area (Å²) in [6.07, 6.45) is 1.03. The van der Waals surface area contributed by atoms with Gasteiger partial charge in [-0.15, -0.1) is 0 Å². The Bertz CT molecular complexity index is 516. The van der Waals surface area contributed by atoms with E-state index in [0.29, 0.717) is 11.8 Å². The summed E-state index contributed by atoms with van der Waals surface area (Å²) in [6.45, 7) is 3.17. The molecular weight excluding hydrogens is 188 g/mol. The molecule has 15 heavy (non-hydrogen) atoms. The van der Waals surface area contributed by atoms with Gasteiger partial charge < -0.3 is 15.4 Å². The fraction of sp³-hybridized carbons (Fsp3) is 0.333. The van der Waals surface area contributed by atoms with Crippen molar-refractivity contribution >= 4 is 10.9 Å². The summed E-state index contributed by atoms with van der Waals surface area (Å²) in [5, 5.41) is 14.1. The third-order valence-electron chi connectivity index (χ3n) is 3.18. The van der Waals surface area contributed by atoms with E-state index in [4.69, 9.17) is 0 Å². The Morgan fingerprint density at radius 3 is 3.13 bits per heavy atom. The van der Waals surface area contributed by atoms with Crippen LogP contribution in [-0.2, 0) is 6.42 Å². The maximum absolute atomic E-state index is 9.49. The molecule has 2 heterocycles. The summed E-state index contributed by atoms with van der Waals surface area (Å²) in [6, 6.07) is 5.89. The molecule has 0 saturated carbocycles. The van der Waals surface area contributed by atoms with E-state index in [9.17, 15) is 5.11 Å². The highest BCUT2D eigenvalue weighted by molar-refractivity contribution is 5.86. The van der Waals surface area contributed by atoms with Gasteiger partial charge in [-0.1, -0.05) is 0 Å². The molecule has 0 radical (unpaired) electrons. The van der Waals surface area contributed by atoms with Gasteiger partial charge in [0.25, 0.3) is 0 Å². The van der Waals surface area contributed by atoms with E-state index in [1.165, 1.54) is 16.6 Å². The van der Waals surface area contributed by atoms with Crippen LogP contribution in [0, 0.1) is 0 Å². The molecule has 0 bridgehead atoms. The maximum Gasteiger partial charge on any atom is 0.116 e. The molecule has 1 aromatic carbocycles. The van der Waals surface area contributed by atoms with Gasteiger partial charge in [0.2, 0.25) is 0 Å². The Hall–Kier alpha value is -1.48. The van der Waals surface area contributed by atoms with Gasteiger partial charge in [0, 0.05) is 22.6 Å². The van der Waals surface area contributed by atoms with Crippen molar-refractivity contribution in [2.75, 3.05) is 6.54 Å². The second-order valence-electron chi connectivity index (χ2n) is 4.17. The molecule has 0 fully saturated rings. The Labute approximate surface area is 88.1 Å². The van der Waals surface area contributed by atoms with Gasteiger partial charge in [-0.05, 0) is 43.7 Å². The van der Waals surface area contributed by atoms with Crippen molar-refractivity contribution in [3.8, 4) is 5.75 Å². The summed E-state index contributed by atoms with van der Waals surface area (Å²) in [5.41, 5.74) is 3.74. The van der Waals surface area contributed by atoms with Crippen LogP contribution >= 0.6 is 0 Å². The minimum absolute atomic E-state index is 0.343. The first-order valence-electron chi connectivity index (χ1n) is 5.32. The third kappa shape index (κ3) is 1.23. The number of H-pyrrole nitrogens is 1. The van der Waals surface area contributed by atoms with Crippen LogP contribution in [0.1, 0.15) is 24.2 Å². The SMILES string of the molecule is CC1NCCc2c1[nH]c1ccc(O)cc21. The van der Waals surface area contributed by atoms with E-state index in [1.807, 2.05) is 12.1 Å². The second kappa shape index (κ2) is 3.00. The summed E-state index contributed by atoms with van der Waals surface area (Å²) in [4.78, 5) is 3.42. The van der Waals surface area contributed by atoms with Gasteiger partial charge in [-0.2, -0.15) is 0 Å². The largest absolute Gasteiger partial charge is 0.508 e. The smallest absolute Gasteiger partial charge is 0.116 e. The molecule has 3 N–H and O–H groups in total. The highest BCUT2D eigenvalue weighted by Crippen LogP contribution is 2.31. The number of hydrogen-bond acceptors (Lipinski definition) is 2. The van der Waals surface area contributed by atoms with Crippen molar-refractivity contribution in [1.82, 2.24) is 10.3 Å². The molecule has 1 atom stereocenters. The number of aromatic hydroxyl groups is 1. The summed E-state index contributed by atoms with van der Waals surface area (Å²) >= 11 is 0. The molecule has 3 nitrogen and oxygen atoms in total. The highest BCUT2D eigenvalue weighted by atomic mass is 16.3. The van der Waals surface area contributed by atoms with Crippen LogP contribution < -0.4 is 5.32 Å². The molecule has 1 aromatic heterocycles. The van der Waals surface area contributed by atoms with Crippen LogP contribution in [0.2, 0.25) is 0 Å². The van der Waals surface area contributed by atoms with Gasteiger partial charge in [-0.25, -0.2) is 0 Å². The molecule has 0 spiro atoms. The molecule has 78 valence electrons. The van der Waals surface area contributed by atoms with Gasteiger partial charge in [-0.3, -0.25) is 0 Å². The molecule has 0 aliphatic carbocycles. The fourth-order valence-electron chi connectivity index (χ4n) is 2.41. The lowest BCUT2D eigenvalue weighted by Gasteiger charge is -2.20. The van der Waals surface area contributed by atoms with Crippen molar-refractivity contribution in [3.05, 3.63) is 29.5 Å². The van der Waals surface area contributed by atoms with Crippen molar-refractivity contribution in [1.29, 1.82) is 0 Å². The quantitative estimate of drug-likeness (QED) is 0.612. The molecule has 1 unspecified atom stereocenters. The number of phenolic OH excluding ortho intramolecular Hbond substituents is 1. The molecule has 0 saturated heterocycles. The lowest BCUT2D eigenvalue weighted by molar-refractivity contribution is 0.476. The standard InChI is InChI=1S/C12H14N2O/c1-7-12-9(4-5-13-7)10-6-8(15)2-3-11(10)14-12/h2-3,6-7,13-15H,4-5H2,1H3. The van der Waals surface area contributed by atoms with Gasteiger partial charge in [0.1, 0.15) is 5.75 Å². The van der Waals surface area contributed by atoms with Crippen LogP contribution in [0.4, 0.5) is 0 Å². The molecule has 1 aliphatic rings. The number of nitrogens with one attached hydrogen (secondary N) is 2. The third-order valence-corrected chi connectivity index (χ3v) is 3.18. The molecule has 0 amide bonds. The van der Waals surface area contributed by atoms with Gasteiger partial charge in [0.15, 0.2) is 0 Å². The average Bonchev–Trinajstić information content (AvgIpc) is 2.58. The second-order valence-corrected chi connectivity index (χ2v) is 4.17. The molecule has 2 aromatic rings. The van der Waals surface area contributed by atoms with Crippen LogP contribution in [0.5, 0.6) is 5.75 Å². The van der Waals surface area contributed by atoms with E-state index < -0.39 is 0 Å². The maximum atomic E-state index is 9.49. The van der Waals surface area contributed by atoms with E-state index >= 15 is 0 Å². The van der Waals surface area contributed by atoms with E-state index in [-0.39, 0.29) is 0 Å². The highest BCUT2D eigenvalue weighted by Gasteiger charge is 2.20. The molecule has 3 heteroatoms. The van der Waals surface area contributed by atoms with Gasteiger partial charge in [0.05, 0.1) is 0 Å². The molecular formula is C12H14N2O. The Morgan fingerprint density at radius 2 is 2.27 bits per heavy atom. The summed E-state index contributed by atoms with van der Waals surface area (Å²) in [5.74, 6) is 0.343. The van der Waals surface area contributed by atoms with Crippen LogP contribution in [0.3, 0.4) is 0 Å². The van der Waals surface area contributed by atoms with E-state index in [2.05, 4.69) is 17.2 Å². The number of aromatic amines is 1. The fourth-order valence-corrected chi connectivity index (χ4v) is 2.41. The lowest BCUT2D eigenvalue weighted by Crippen LogP contribution is -2.27. The molecule has 3 rings (SSSR count). The Kier molecular flexibility index (Phi) is 1.76. The normalized spacial score (nSPS) is 20.5. The number of aromatic nitrogens is 1. The number of rotatable bonds is 0. The number of benzene rings is 1. The summed E-state index contributed by atoms with van der Waals surface area (Å²) in [7, 11) is 0. The molecule has 1 aliphatic heterocycles. The minimum Gasteiger partial charge on any atom is -0.508 e. The zero-order chi connectivity index (χ0) is 10.4. The Balaban J connectivity index is 2.31. The predicted octanol–water partition coefficient (Wildman–Crippen LogP) is 2.08. The topological polar surface area (TPSA) is 48.0 Å². The zero-order valence-electron chi connectivity index (χ0n) is 8.67. The first-order chi connectivity index (χ1) is 7.25. The number of hydrogen-bond donors (Lipinski definition) is 3. The summed E-state index contributed by atoms with van der Waals surface area (Å²) < 4.78 is 0. The zero-order valence-corrected chi connectivity index (χ0v) is 8.67. The van der Waals surface area contributed by atoms with Crippen molar-refractivity contribution < 1.29 is 5.11 Å².